The monoisotopic (exact) mass is 552 g/mol. The van der Waals surface area contributed by atoms with Crippen LogP contribution in [0.15, 0.2) is 12.7 Å². The molecule has 0 aliphatic rings. The van der Waals surface area contributed by atoms with Crippen LogP contribution in [-0.4, -0.2) is 132 Å². The van der Waals surface area contributed by atoms with Gasteiger partial charge in [0.15, 0.2) is 0 Å². The maximum absolute atomic E-state index is 5.55. The summed E-state index contributed by atoms with van der Waals surface area (Å²) in [4.78, 5) is 0. The van der Waals surface area contributed by atoms with E-state index in [0.29, 0.717) is 126 Å². The molecule has 0 aliphatic carbocycles. The van der Waals surface area contributed by atoms with Gasteiger partial charge >= 0.3 is 0 Å². The number of ether oxygens (including phenoxy) is 10. The van der Waals surface area contributed by atoms with Crippen LogP contribution in [0.25, 0.3) is 0 Å². The van der Waals surface area contributed by atoms with Crippen LogP contribution in [0, 0.1) is 0 Å². The highest BCUT2D eigenvalue weighted by molar-refractivity contribution is 4.63. The van der Waals surface area contributed by atoms with Crippen molar-refractivity contribution in [2.75, 3.05) is 132 Å². The van der Waals surface area contributed by atoms with Crippen molar-refractivity contribution in [1.82, 2.24) is 0 Å². The Balaban J connectivity index is 3.01. The molecule has 10 nitrogen and oxygen atoms in total. The van der Waals surface area contributed by atoms with Crippen molar-refractivity contribution < 1.29 is 47.4 Å². The summed E-state index contributed by atoms with van der Waals surface area (Å²) in [6.45, 7) is 17.1. The molecule has 0 bridgehead atoms. The molecule has 0 heterocycles. The van der Waals surface area contributed by atoms with Crippen LogP contribution in [0.2, 0.25) is 0 Å². The van der Waals surface area contributed by atoms with Gasteiger partial charge in [-0.15, -0.1) is 6.58 Å². The molecule has 0 saturated heterocycles. The maximum Gasteiger partial charge on any atom is 0.0704 e. The van der Waals surface area contributed by atoms with Gasteiger partial charge in [-0.1, -0.05) is 38.7 Å². The normalized spacial score (nSPS) is 11.4. The molecule has 0 aromatic rings. The van der Waals surface area contributed by atoms with Gasteiger partial charge in [-0.3, -0.25) is 0 Å². The molecule has 10 heteroatoms. The molecule has 0 aliphatic heterocycles. The van der Waals surface area contributed by atoms with E-state index in [1.807, 2.05) is 0 Å². The number of hydrogen-bond donors (Lipinski definition) is 0. The highest BCUT2D eigenvalue weighted by Gasteiger charge is 1.96. The van der Waals surface area contributed by atoms with E-state index < -0.39 is 0 Å². The zero-order valence-corrected chi connectivity index (χ0v) is 24.0. The third kappa shape index (κ3) is 35.3. The molecular weight excluding hydrogens is 496 g/mol. The molecule has 0 aromatic carbocycles. The lowest BCUT2D eigenvalue weighted by atomic mass is 10.2. The summed E-state index contributed by atoms with van der Waals surface area (Å²) in [6, 6.07) is 0. The van der Waals surface area contributed by atoms with E-state index in [2.05, 4.69) is 13.5 Å². The fourth-order valence-electron chi connectivity index (χ4n) is 2.95. The van der Waals surface area contributed by atoms with E-state index in [0.717, 1.165) is 13.0 Å². The predicted molar refractivity (Wildman–Crippen MR) is 147 cm³/mol. The fourth-order valence-corrected chi connectivity index (χ4v) is 2.95. The molecule has 0 atom stereocenters. The highest BCUT2D eigenvalue weighted by atomic mass is 16.6. The van der Waals surface area contributed by atoms with Crippen LogP contribution in [0.4, 0.5) is 0 Å². The van der Waals surface area contributed by atoms with Crippen LogP contribution in [0.1, 0.15) is 39.0 Å². The van der Waals surface area contributed by atoms with Crippen LogP contribution < -0.4 is 0 Å². The van der Waals surface area contributed by atoms with Gasteiger partial charge in [0.2, 0.25) is 0 Å². The number of rotatable bonds is 35. The summed E-state index contributed by atoms with van der Waals surface area (Å²) in [7, 11) is 0. The van der Waals surface area contributed by atoms with Gasteiger partial charge in [-0.05, 0) is 6.42 Å². The minimum atomic E-state index is 0.529. The quantitative estimate of drug-likeness (QED) is 0.0861. The number of hydrogen-bond acceptors (Lipinski definition) is 10. The van der Waals surface area contributed by atoms with Gasteiger partial charge in [-0.2, -0.15) is 0 Å². The summed E-state index contributed by atoms with van der Waals surface area (Å²) in [5.74, 6) is 0. The molecular formula is C28H56O10. The molecule has 0 unspecified atom stereocenters. The third-order valence-corrected chi connectivity index (χ3v) is 4.98. The van der Waals surface area contributed by atoms with Crippen LogP contribution in [-0.2, 0) is 47.4 Å². The van der Waals surface area contributed by atoms with Crippen molar-refractivity contribution in [1.29, 1.82) is 0 Å². The summed E-state index contributed by atoms with van der Waals surface area (Å²) >= 11 is 0. The first kappa shape index (κ1) is 37.3. The second-order valence-corrected chi connectivity index (χ2v) is 8.29. The molecule has 0 radical (unpaired) electrons. The molecule has 0 N–H and O–H groups in total. The smallest absolute Gasteiger partial charge is 0.0704 e. The Morgan fingerprint density at radius 1 is 0.342 bits per heavy atom. The Morgan fingerprint density at radius 2 is 0.605 bits per heavy atom. The number of unbranched alkanes of at least 4 members (excludes halogenated alkanes) is 4. The highest BCUT2D eigenvalue weighted by Crippen LogP contribution is 2.02. The van der Waals surface area contributed by atoms with Crippen LogP contribution >= 0.6 is 0 Å². The molecule has 0 spiro atoms. The summed E-state index contributed by atoms with van der Waals surface area (Å²) in [6.07, 6.45) is 8.01. The van der Waals surface area contributed by atoms with Crippen molar-refractivity contribution in [3.8, 4) is 0 Å². The lowest BCUT2D eigenvalue weighted by molar-refractivity contribution is -0.0261. The maximum atomic E-state index is 5.55. The van der Waals surface area contributed by atoms with Gasteiger partial charge < -0.3 is 47.4 Å². The SMILES string of the molecule is C=CCOCCOCCOCCOCCOCCOCCOCCOCCOCCOCCCCCCC. The van der Waals surface area contributed by atoms with E-state index in [-0.39, 0.29) is 0 Å². The average molecular weight is 553 g/mol. The van der Waals surface area contributed by atoms with Gasteiger partial charge in [0, 0.05) is 6.61 Å². The fraction of sp³-hybridized carbons (Fsp3) is 0.929. The van der Waals surface area contributed by atoms with E-state index in [4.69, 9.17) is 47.4 Å². The Morgan fingerprint density at radius 3 is 0.895 bits per heavy atom. The average Bonchev–Trinajstić information content (AvgIpc) is 2.93. The summed E-state index contributed by atoms with van der Waals surface area (Å²) in [5, 5.41) is 0. The minimum absolute atomic E-state index is 0.529. The minimum Gasteiger partial charge on any atom is -0.379 e. The zero-order chi connectivity index (χ0) is 27.5. The second kappa shape index (κ2) is 36.3. The van der Waals surface area contributed by atoms with Gasteiger partial charge in [0.1, 0.15) is 0 Å². The van der Waals surface area contributed by atoms with Gasteiger partial charge in [0.25, 0.3) is 0 Å². The van der Waals surface area contributed by atoms with E-state index in [1.54, 1.807) is 6.08 Å². The van der Waals surface area contributed by atoms with E-state index in [9.17, 15) is 0 Å². The van der Waals surface area contributed by atoms with E-state index in [1.165, 1.54) is 25.7 Å². The second-order valence-electron chi connectivity index (χ2n) is 8.29. The Hall–Kier alpha value is -0.660. The van der Waals surface area contributed by atoms with Crippen molar-refractivity contribution in [2.45, 2.75) is 39.0 Å². The summed E-state index contributed by atoms with van der Waals surface area (Å²) < 4.78 is 54.4. The topological polar surface area (TPSA) is 92.3 Å². The Labute approximate surface area is 231 Å². The van der Waals surface area contributed by atoms with E-state index >= 15 is 0 Å². The summed E-state index contributed by atoms with van der Waals surface area (Å²) in [5.41, 5.74) is 0. The Bertz CT molecular complexity index is 428. The van der Waals surface area contributed by atoms with Gasteiger partial charge in [0.05, 0.1) is 126 Å². The first-order valence-electron chi connectivity index (χ1n) is 14.3. The molecule has 0 amide bonds. The Kier molecular flexibility index (Phi) is 35.7. The molecule has 0 rings (SSSR count). The lowest BCUT2D eigenvalue weighted by Crippen LogP contribution is -2.15. The third-order valence-electron chi connectivity index (χ3n) is 4.98. The largest absolute Gasteiger partial charge is 0.379 e. The molecule has 0 fully saturated rings. The first-order chi connectivity index (χ1) is 18.9. The molecule has 228 valence electrons. The van der Waals surface area contributed by atoms with Gasteiger partial charge in [-0.25, -0.2) is 0 Å². The van der Waals surface area contributed by atoms with Crippen LogP contribution in [0.5, 0.6) is 0 Å². The molecule has 38 heavy (non-hydrogen) atoms. The standard InChI is InChI=1S/C28H56O10/c1-3-5-6-7-8-10-30-12-14-32-16-18-34-20-22-36-24-26-38-28-27-37-25-23-35-21-19-33-17-15-31-13-11-29-9-4-2/h4H,2-3,5-28H2,1H3. The first-order valence-corrected chi connectivity index (χ1v) is 14.3. The van der Waals surface area contributed by atoms with Crippen molar-refractivity contribution in [3.63, 3.8) is 0 Å². The molecule has 0 aromatic heterocycles. The van der Waals surface area contributed by atoms with Crippen molar-refractivity contribution in [3.05, 3.63) is 12.7 Å². The predicted octanol–water partition coefficient (Wildman–Crippen LogP) is 3.31. The zero-order valence-electron chi connectivity index (χ0n) is 24.0. The van der Waals surface area contributed by atoms with Crippen LogP contribution in [0.3, 0.4) is 0 Å². The lowest BCUT2D eigenvalue weighted by Gasteiger charge is -2.09. The van der Waals surface area contributed by atoms with Crippen molar-refractivity contribution in [2.24, 2.45) is 0 Å². The molecule has 0 saturated carbocycles. The van der Waals surface area contributed by atoms with Crippen molar-refractivity contribution >= 4 is 0 Å².